The third-order valence-electron chi connectivity index (χ3n) is 5.60. The summed E-state index contributed by atoms with van der Waals surface area (Å²) in [5, 5.41) is 9.92. The lowest BCUT2D eigenvalue weighted by Crippen LogP contribution is -2.36. The Bertz CT molecular complexity index is 1140. The van der Waals surface area contributed by atoms with E-state index in [9.17, 15) is 9.90 Å². The van der Waals surface area contributed by atoms with Gasteiger partial charge in [0.1, 0.15) is 5.75 Å². The number of hydrogen-bond donors (Lipinski definition) is 1. The maximum Gasteiger partial charge on any atom is 0.293 e. The molecule has 1 saturated heterocycles. The quantitative estimate of drug-likeness (QED) is 0.472. The second kappa shape index (κ2) is 9.81. The van der Waals surface area contributed by atoms with E-state index in [1.165, 1.54) is 10.5 Å². The molecule has 1 N–H and O–H groups in total. The van der Waals surface area contributed by atoms with Crippen LogP contribution in [0.15, 0.2) is 36.4 Å². The molecule has 0 spiro atoms. The van der Waals surface area contributed by atoms with Crippen LogP contribution in [-0.2, 0) is 9.53 Å². The molecule has 3 aromatic rings. The summed E-state index contributed by atoms with van der Waals surface area (Å²) in [6.45, 7) is 4.50. The van der Waals surface area contributed by atoms with E-state index in [1.54, 1.807) is 37.0 Å². The molecule has 5 rings (SSSR count). The van der Waals surface area contributed by atoms with Crippen LogP contribution in [0.3, 0.4) is 0 Å². The molecule has 165 valence electrons. The topological polar surface area (TPSA) is 78.8 Å². The van der Waals surface area contributed by atoms with Gasteiger partial charge in [0.25, 0.3) is 7.41 Å². The molecule has 0 unspecified atom stereocenters. The van der Waals surface area contributed by atoms with Gasteiger partial charge in [-0.05, 0) is 36.7 Å². The van der Waals surface area contributed by atoms with Crippen LogP contribution >= 0.6 is 11.3 Å². The van der Waals surface area contributed by atoms with Crippen LogP contribution in [0, 0.1) is 0 Å². The van der Waals surface area contributed by atoms with E-state index in [0.29, 0.717) is 19.0 Å². The Labute approximate surface area is 192 Å². The number of carbonyl (C=O) groups is 1. The molecule has 1 fully saturated rings. The van der Waals surface area contributed by atoms with Gasteiger partial charge >= 0.3 is 0 Å². The Hall–Kier alpha value is -2.75. The first kappa shape index (κ1) is 22.4. The van der Waals surface area contributed by atoms with Crippen molar-refractivity contribution in [2.75, 3.05) is 44.3 Å². The van der Waals surface area contributed by atoms with E-state index in [2.05, 4.69) is 17.0 Å². The minimum Gasteiger partial charge on any atom is -0.508 e. The zero-order valence-corrected chi connectivity index (χ0v) is 17.8. The molecule has 2 aliphatic rings. The van der Waals surface area contributed by atoms with E-state index >= 15 is 0 Å². The predicted octanol–water partition coefficient (Wildman–Crippen LogP) is 3.44. The van der Waals surface area contributed by atoms with Gasteiger partial charge < -0.3 is 24.3 Å². The van der Waals surface area contributed by atoms with Crippen LogP contribution in [0.4, 0.5) is 5.82 Å². The van der Waals surface area contributed by atoms with E-state index in [1.807, 2.05) is 10.9 Å². The zero-order valence-electron chi connectivity index (χ0n) is 17.0. The minimum absolute atomic E-state index is 0. The number of phenolic OH excluding ortho intramolecular Hbond substituents is 1. The second-order valence-electron chi connectivity index (χ2n) is 7.61. The van der Waals surface area contributed by atoms with Crippen molar-refractivity contribution in [2.24, 2.45) is 0 Å². The summed E-state index contributed by atoms with van der Waals surface area (Å²) >= 11 is 1.72. The Morgan fingerprint density at radius 2 is 2.00 bits per heavy atom. The first-order valence-electron chi connectivity index (χ1n) is 10.4. The number of thiophene rings is 1. The minimum atomic E-state index is 0. The third kappa shape index (κ3) is 4.55. The number of carbonyl (C=O) groups excluding carboxylic acids is 1. The molecule has 32 heavy (non-hydrogen) atoms. The Kier molecular flexibility index (Phi) is 6.88. The summed E-state index contributed by atoms with van der Waals surface area (Å²) in [4.78, 5) is 26.0. The van der Waals surface area contributed by atoms with Crippen LogP contribution in [0.1, 0.15) is 18.7 Å². The van der Waals surface area contributed by atoms with Crippen LogP contribution in [-0.4, -0.2) is 72.9 Å². The number of phenols is 1. The summed E-state index contributed by atoms with van der Waals surface area (Å²) in [5.41, 5.74) is 2.99. The summed E-state index contributed by atoms with van der Waals surface area (Å²) in [6.07, 6.45) is 3.91. The highest BCUT2D eigenvalue weighted by Gasteiger charge is 2.22. The summed E-state index contributed by atoms with van der Waals surface area (Å²) in [5.74, 6) is 1.73. The molecule has 0 saturated carbocycles. The Balaban J connectivity index is 0.00000245. The molecule has 0 bridgehead atoms. The van der Waals surface area contributed by atoms with Gasteiger partial charge in [-0.15, -0.1) is 11.3 Å². The molecule has 2 aliphatic heterocycles. The molecule has 0 amide bonds. The summed E-state index contributed by atoms with van der Waals surface area (Å²) < 4.78 is 6.61. The number of benzene rings is 1. The van der Waals surface area contributed by atoms with Gasteiger partial charge in [0.2, 0.25) is 0 Å². The highest BCUT2D eigenvalue weighted by molar-refractivity contribution is 7.20. The molecule has 0 aliphatic carbocycles. The normalized spacial score (nSPS) is 17.0. The van der Waals surface area contributed by atoms with E-state index in [-0.39, 0.29) is 13.2 Å². The number of nitrogens with zero attached hydrogens (tertiary/aromatic N) is 4. The maximum atomic E-state index is 10.7. The van der Waals surface area contributed by atoms with Crippen LogP contribution in [0.2, 0.25) is 0 Å². The number of hydrogen-bond acceptors (Lipinski definition) is 8. The maximum absolute atomic E-state index is 10.7. The fourth-order valence-corrected chi connectivity index (χ4v) is 5.15. The highest BCUT2D eigenvalue weighted by Crippen LogP contribution is 2.38. The zero-order chi connectivity index (χ0) is 21.2. The Morgan fingerprint density at radius 1 is 1.16 bits per heavy atom. The van der Waals surface area contributed by atoms with Crippen LogP contribution in [0.25, 0.3) is 27.2 Å². The van der Waals surface area contributed by atoms with Gasteiger partial charge in [0.15, 0.2) is 11.6 Å². The molecular weight excluding hydrogens is 423 g/mol. The van der Waals surface area contributed by atoms with Gasteiger partial charge in [-0.3, -0.25) is 0 Å². The smallest absolute Gasteiger partial charge is 0.293 e. The van der Waals surface area contributed by atoms with Gasteiger partial charge in [-0.1, -0.05) is 25.6 Å². The molecule has 1 radical (unpaired) electrons. The number of rotatable bonds is 5. The number of aromatic nitrogens is 2. The molecule has 1 aromatic carbocycles. The van der Waals surface area contributed by atoms with E-state index in [4.69, 9.17) is 14.7 Å². The monoisotopic (exact) mass is 449 g/mol. The SMILES string of the molecule is C.O=C[B]N1CC=C(c2cc3nc(-c4cccc(O)c4)nc(N4CCOCC4)c3s2)CC1. The lowest BCUT2D eigenvalue weighted by atomic mass is 9.91. The van der Waals surface area contributed by atoms with Crippen molar-refractivity contribution in [1.29, 1.82) is 0 Å². The molecule has 7 nitrogen and oxygen atoms in total. The number of ether oxygens (including phenoxy) is 1. The number of aromatic hydroxyl groups is 1. The molecule has 0 atom stereocenters. The van der Waals surface area contributed by atoms with Crippen molar-refractivity contribution < 1.29 is 14.6 Å². The highest BCUT2D eigenvalue weighted by atomic mass is 32.1. The molecule has 4 heterocycles. The van der Waals surface area contributed by atoms with Gasteiger partial charge in [0.05, 0.1) is 29.6 Å². The van der Waals surface area contributed by atoms with E-state index < -0.39 is 0 Å². The van der Waals surface area contributed by atoms with Crippen LogP contribution < -0.4 is 4.90 Å². The standard InChI is InChI=1S/C22H22BN4O3S.CH4/c28-14-23-27-6-4-15(5-7-27)19-13-18-20(31-19)22(26-8-10-30-11-9-26)25-21(24-18)16-2-1-3-17(29)12-16;/h1-4,12-14,29H,5-11H2;1H4. The fraction of sp³-hybridized carbons (Fsp3) is 0.348. The largest absolute Gasteiger partial charge is 0.508 e. The van der Waals surface area contributed by atoms with Crippen molar-refractivity contribution in [3.8, 4) is 17.1 Å². The first-order valence-corrected chi connectivity index (χ1v) is 11.2. The van der Waals surface area contributed by atoms with Gasteiger partial charge in [-0.25, -0.2) is 9.97 Å². The van der Waals surface area contributed by atoms with Crippen molar-refractivity contribution in [1.82, 2.24) is 14.8 Å². The van der Waals surface area contributed by atoms with Crippen molar-refractivity contribution in [2.45, 2.75) is 13.8 Å². The van der Waals surface area contributed by atoms with E-state index in [0.717, 1.165) is 60.4 Å². The Morgan fingerprint density at radius 3 is 2.72 bits per heavy atom. The number of fused-ring (bicyclic) bond motifs is 1. The third-order valence-corrected chi connectivity index (χ3v) is 6.79. The molecule has 9 heteroatoms. The molecular formula is C23H26BN4O3S. The first-order chi connectivity index (χ1) is 15.2. The number of anilines is 1. The van der Waals surface area contributed by atoms with Crippen molar-refractivity contribution in [3.05, 3.63) is 41.3 Å². The lowest BCUT2D eigenvalue weighted by Gasteiger charge is -2.28. The predicted molar refractivity (Wildman–Crippen MR) is 131 cm³/mol. The fourth-order valence-electron chi connectivity index (χ4n) is 3.97. The van der Waals surface area contributed by atoms with Gasteiger partial charge in [-0.2, -0.15) is 0 Å². The second-order valence-corrected chi connectivity index (χ2v) is 8.66. The average molecular weight is 449 g/mol. The van der Waals surface area contributed by atoms with Gasteiger partial charge in [0, 0.05) is 30.1 Å². The van der Waals surface area contributed by atoms with Crippen molar-refractivity contribution in [3.63, 3.8) is 0 Å². The summed E-state index contributed by atoms with van der Waals surface area (Å²) in [7, 11) is 1.60. The number of morpholine rings is 1. The molecule has 2 aromatic heterocycles. The average Bonchev–Trinajstić information content (AvgIpc) is 3.24. The summed E-state index contributed by atoms with van der Waals surface area (Å²) in [6, 6.07) is 9.20. The van der Waals surface area contributed by atoms with Crippen molar-refractivity contribution >= 4 is 46.5 Å². The van der Waals surface area contributed by atoms with Crippen LogP contribution in [0.5, 0.6) is 5.75 Å². The lowest BCUT2D eigenvalue weighted by molar-refractivity contribution is 0.122.